The molecule has 0 aliphatic heterocycles. The molecule has 0 aliphatic carbocycles. The number of hydrogen-bond donors (Lipinski definition) is 0. The maximum absolute atomic E-state index is 13.4. The van der Waals surface area contributed by atoms with Crippen molar-refractivity contribution in [3.8, 4) is 11.5 Å². The summed E-state index contributed by atoms with van der Waals surface area (Å²) in [6.07, 6.45) is -4.74. The smallest absolute Gasteiger partial charge is 0.418 e. The Balaban J connectivity index is 2.75. The van der Waals surface area contributed by atoms with Crippen molar-refractivity contribution in [2.75, 3.05) is 14.2 Å². The Morgan fingerprint density at radius 1 is 1.08 bits per heavy atom. The molecule has 0 saturated heterocycles. The van der Waals surface area contributed by atoms with Gasteiger partial charge in [-0.3, -0.25) is 9.59 Å². The lowest BCUT2D eigenvalue weighted by atomic mass is 9.93. The van der Waals surface area contributed by atoms with Gasteiger partial charge < -0.3 is 9.47 Å². The second kappa shape index (κ2) is 7.14. The van der Waals surface area contributed by atoms with Crippen LogP contribution in [0.1, 0.15) is 31.8 Å². The fourth-order valence-corrected chi connectivity index (χ4v) is 2.56. The molecule has 25 heavy (non-hydrogen) atoms. The number of ketones is 1. The highest BCUT2D eigenvalue weighted by Crippen LogP contribution is 2.39. The molecule has 2 rings (SSSR count). The Labute approximate surface area is 146 Å². The van der Waals surface area contributed by atoms with Crippen LogP contribution in [0, 0.1) is 0 Å². The number of ether oxygens (including phenoxy) is 2. The van der Waals surface area contributed by atoms with Crippen molar-refractivity contribution < 1.29 is 32.2 Å². The number of alkyl halides is 3. The van der Waals surface area contributed by atoms with Gasteiger partial charge in [0.2, 0.25) is 0 Å². The zero-order valence-electron chi connectivity index (χ0n) is 13.1. The number of carbonyl (C=O) groups is 2. The zero-order valence-corrected chi connectivity index (χ0v) is 13.9. The van der Waals surface area contributed by atoms with E-state index in [4.69, 9.17) is 21.1 Å². The molecule has 0 atom stereocenters. The summed E-state index contributed by atoms with van der Waals surface area (Å²) in [5.74, 6) is -0.592. The van der Waals surface area contributed by atoms with Gasteiger partial charge in [-0.05, 0) is 24.3 Å². The summed E-state index contributed by atoms with van der Waals surface area (Å²) in [7, 11) is 2.67. The van der Waals surface area contributed by atoms with Crippen LogP contribution in [0.5, 0.6) is 11.5 Å². The van der Waals surface area contributed by atoms with Gasteiger partial charge in [0.25, 0.3) is 0 Å². The van der Waals surface area contributed by atoms with Crippen molar-refractivity contribution in [2.24, 2.45) is 0 Å². The van der Waals surface area contributed by atoms with Crippen LogP contribution >= 0.6 is 11.6 Å². The van der Waals surface area contributed by atoms with Crippen LogP contribution < -0.4 is 9.47 Å². The van der Waals surface area contributed by atoms with Crippen molar-refractivity contribution in [1.29, 1.82) is 0 Å². The lowest BCUT2D eigenvalue weighted by molar-refractivity contribution is -0.137. The van der Waals surface area contributed by atoms with E-state index >= 15 is 0 Å². The van der Waals surface area contributed by atoms with E-state index in [1.165, 1.54) is 32.4 Å². The van der Waals surface area contributed by atoms with Crippen LogP contribution in [-0.4, -0.2) is 26.3 Å². The summed E-state index contributed by atoms with van der Waals surface area (Å²) in [6, 6.07) is 5.95. The minimum absolute atomic E-state index is 0.132. The van der Waals surface area contributed by atoms with Crippen LogP contribution in [0.15, 0.2) is 30.3 Å². The highest BCUT2D eigenvalue weighted by molar-refractivity contribution is 6.32. The standard InChI is InChI=1S/C17H12ClF3O4/c1-24-11-5-10(6-12(7-11)25-2)16(23)14-9(8-22)3-4-13(18)15(14)17(19,20)21/h3-8H,1-2H3. The predicted octanol–water partition coefficient (Wildman–Crippen LogP) is 4.42. The molecular weight excluding hydrogens is 361 g/mol. The molecule has 4 nitrogen and oxygen atoms in total. The number of aldehydes is 1. The lowest BCUT2D eigenvalue weighted by Crippen LogP contribution is -2.17. The molecule has 132 valence electrons. The van der Waals surface area contributed by atoms with Crippen molar-refractivity contribution >= 4 is 23.7 Å². The zero-order chi connectivity index (χ0) is 18.8. The van der Waals surface area contributed by atoms with Gasteiger partial charge in [0.05, 0.1) is 24.8 Å². The topological polar surface area (TPSA) is 52.6 Å². The number of carbonyl (C=O) groups excluding carboxylic acids is 2. The summed E-state index contributed by atoms with van der Waals surface area (Å²) in [5.41, 5.74) is -2.72. The van der Waals surface area contributed by atoms with Gasteiger partial charge in [0.1, 0.15) is 11.5 Å². The Kier molecular flexibility index (Phi) is 5.37. The van der Waals surface area contributed by atoms with Crippen molar-refractivity contribution in [1.82, 2.24) is 0 Å². The Bertz CT molecular complexity index is 809. The molecule has 2 aromatic carbocycles. The molecule has 0 fully saturated rings. The molecule has 0 radical (unpaired) electrons. The molecular formula is C17H12ClF3O4. The highest BCUT2D eigenvalue weighted by Gasteiger charge is 2.39. The van der Waals surface area contributed by atoms with E-state index in [0.717, 1.165) is 12.1 Å². The van der Waals surface area contributed by atoms with E-state index in [0.29, 0.717) is 0 Å². The third kappa shape index (κ3) is 3.76. The first-order chi connectivity index (χ1) is 11.7. The molecule has 0 amide bonds. The van der Waals surface area contributed by atoms with E-state index in [9.17, 15) is 22.8 Å². The lowest BCUT2D eigenvalue weighted by Gasteiger charge is -2.16. The predicted molar refractivity (Wildman–Crippen MR) is 84.8 cm³/mol. The van der Waals surface area contributed by atoms with Crippen LogP contribution in [0.25, 0.3) is 0 Å². The summed E-state index contributed by atoms with van der Waals surface area (Å²) in [4.78, 5) is 23.9. The van der Waals surface area contributed by atoms with Gasteiger partial charge in [0.15, 0.2) is 12.1 Å². The van der Waals surface area contributed by atoms with Gasteiger partial charge in [-0.15, -0.1) is 0 Å². The van der Waals surface area contributed by atoms with E-state index < -0.39 is 33.7 Å². The second-order valence-electron chi connectivity index (χ2n) is 4.93. The second-order valence-corrected chi connectivity index (χ2v) is 5.34. The summed E-state index contributed by atoms with van der Waals surface area (Å²) in [6.45, 7) is 0. The van der Waals surface area contributed by atoms with E-state index in [1.807, 2.05) is 0 Å². The monoisotopic (exact) mass is 372 g/mol. The number of benzene rings is 2. The maximum atomic E-state index is 13.4. The summed E-state index contributed by atoms with van der Waals surface area (Å²) in [5, 5.41) is -0.670. The van der Waals surface area contributed by atoms with Crippen LogP contribution in [0.4, 0.5) is 13.2 Å². The number of rotatable bonds is 5. The quantitative estimate of drug-likeness (QED) is 0.576. The third-order valence-corrected chi connectivity index (χ3v) is 3.75. The maximum Gasteiger partial charge on any atom is 0.418 e. The van der Waals surface area contributed by atoms with Gasteiger partial charge in [-0.1, -0.05) is 11.6 Å². The molecule has 0 spiro atoms. The summed E-state index contributed by atoms with van der Waals surface area (Å²) >= 11 is 5.65. The molecule has 0 aliphatic rings. The Morgan fingerprint density at radius 2 is 1.64 bits per heavy atom. The van der Waals surface area contributed by atoms with Gasteiger partial charge in [0, 0.05) is 22.8 Å². The first-order valence-electron chi connectivity index (χ1n) is 6.85. The Morgan fingerprint density at radius 3 is 2.08 bits per heavy atom. The number of halogens is 4. The van der Waals surface area contributed by atoms with Crippen LogP contribution in [0.2, 0.25) is 5.02 Å². The molecule has 0 saturated carbocycles. The van der Waals surface area contributed by atoms with Crippen LogP contribution in [-0.2, 0) is 6.18 Å². The fourth-order valence-electron chi connectivity index (χ4n) is 2.30. The van der Waals surface area contributed by atoms with Crippen molar-refractivity contribution in [3.63, 3.8) is 0 Å². The van der Waals surface area contributed by atoms with Gasteiger partial charge >= 0.3 is 6.18 Å². The number of methoxy groups -OCH3 is 2. The fraction of sp³-hybridized carbons (Fsp3) is 0.176. The van der Waals surface area contributed by atoms with Crippen molar-refractivity contribution in [3.05, 3.63) is 57.6 Å². The first kappa shape index (κ1) is 18.8. The normalized spacial score (nSPS) is 11.1. The minimum atomic E-state index is -4.91. The molecule has 2 aromatic rings. The molecule has 0 aromatic heterocycles. The molecule has 0 heterocycles. The highest BCUT2D eigenvalue weighted by atomic mass is 35.5. The molecule has 8 heteroatoms. The van der Waals surface area contributed by atoms with E-state index in [-0.39, 0.29) is 23.3 Å². The van der Waals surface area contributed by atoms with E-state index in [2.05, 4.69) is 0 Å². The largest absolute Gasteiger partial charge is 0.497 e. The van der Waals surface area contributed by atoms with E-state index in [1.54, 1.807) is 0 Å². The molecule has 0 unspecified atom stereocenters. The average molecular weight is 373 g/mol. The molecule has 0 N–H and O–H groups in total. The minimum Gasteiger partial charge on any atom is -0.497 e. The first-order valence-corrected chi connectivity index (χ1v) is 7.23. The van der Waals surface area contributed by atoms with Crippen LogP contribution in [0.3, 0.4) is 0 Å². The SMILES string of the molecule is COc1cc(OC)cc(C(=O)c2c(C=O)ccc(Cl)c2C(F)(F)F)c1. The Hall–Kier alpha value is -2.54. The third-order valence-electron chi connectivity index (χ3n) is 3.44. The van der Waals surface area contributed by atoms with Crippen molar-refractivity contribution in [2.45, 2.75) is 6.18 Å². The van der Waals surface area contributed by atoms with Gasteiger partial charge in [-0.25, -0.2) is 0 Å². The molecule has 0 bridgehead atoms. The average Bonchev–Trinajstić information content (AvgIpc) is 2.59. The number of hydrogen-bond acceptors (Lipinski definition) is 4. The van der Waals surface area contributed by atoms with Gasteiger partial charge in [-0.2, -0.15) is 13.2 Å². The summed E-state index contributed by atoms with van der Waals surface area (Å²) < 4.78 is 50.2.